The van der Waals surface area contributed by atoms with Crippen molar-refractivity contribution in [1.29, 1.82) is 0 Å². The van der Waals surface area contributed by atoms with Gasteiger partial charge in [-0.2, -0.15) is 0 Å². The summed E-state index contributed by atoms with van der Waals surface area (Å²) in [5.41, 5.74) is 2.21. The molecule has 0 aliphatic rings. The molecule has 33 heavy (non-hydrogen) atoms. The summed E-state index contributed by atoms with van der Waals surface area (Å²) in [5, 5.41) is 13.8. The Labute approximate surface area is 219 Å². The van der Waals surface area contributed by atoms with Gasteiger partial charge >= 0.3 is 5.97 Å². The van der Waals surface area contributed by atoms with Crippen LogP contribution in [0.1, 0.15) is 13.3 Å². The van der Waals surface area contributed by atoms with E-state index in [1.165, 1.54) is 20.2 Å². The molecule has 0 amide bonds. The zero-order valence-corrected chi connectivity index (χ0v) is 22.9. The number of aliphatic carboxylic acids is 1. The van der Waals surface area contributed by atoms with Crippen molar-refractivity contribution in [2.45, 2.75) is 19.4 Å². The predicted molar refractivity (Wildman–Crippen MR) is 148 cm³/mol. The van der Waals surface area contributed by atoms with Crippen molar-refractivity contribution in [3.8, 4) is 16.9 Å². The van der Waals surface area contributed by atoms with E-state index in [1.807, 2.05) is 0 Å². The molecule has 0 aliphatic carbocycles. The van der Waals surface area contributed by atoms with Gasteiger partial charge in [-0.1, -0.05) is 42.5 Å². The Kier molecular flexibility index (Phi) is 6.25. The second-order valence-corrected chi connectivity index (χ2v) is 11.4. The van der Waals surface area contributed by atoms with E-state index in [2.05, 4.69) is 108 Å². The maximum absolute atomic E-state index is 11.1. The zero-order chi connectivity index (χ0) is 23.3. The standard InChI is InChI=1S/C26H17Br3O3S/c1-13(10-21(30)31)32-25-18(27)11-14(12-19(25)28)22-15-6-2-3-7-16(15)24(29)26-23(22)17-8-4-5-9-20(17)33-26/h2-9,11-13H,10H2,1H3,(H,30,31)/t13-/m1/s1. The van der Waals surface area contributed by atoms with Crippen LogP contribution in [-0.4, -0.2) is 17.2 Å². The lowest BCUT2D eigenvalue weighted by atomic mass is 9.93. The molecular weight excluding hydrogens is 632 g/mol. The van der Waals surface area contributed by atoms with E-state index in [0.717, 1.165) is 35.3 Å². The van der Waals surface area contributed by atoms with Gasteiger partial charge in [0, 0.05) is 19.9 Å². The summed E-state index contributed by atoms with van der Waals surface area (Å²) in [6.07, 6.45) is -0.526. The first-order valence-corrected chi connectivity index (χ1v) is 13.4. The molecule has 5 aromatic rings. The highest BCUT2D eigenvalue weighted by Crippen LogP contribution is 2.50. The number of benzene rings is 4. The van der Waals surface area contributed by atoms with E-state index in [9.17, 15) is 4.79 Å². The first-order valence-electron chi connectivity index (χ1n) is 10.2. The lowest BCUT2D eigenvalue weighted by Crippen LogP contribution is -2.17. The molecule has 166 valence electrons. The highest BCUT2D eigenvalue weighted by molar-refractivity contribution is 9.11. The number of carbonyl (C=O) groups is 1. The fourth-order valence-electron chi connectivity index (χ4n) is 4.20. The molecule has 0 aliphatic heterocycles. The molecule has 0 unspecified atom stereocenters. The molecule has 4 aromatic carbocycles. The largest absolute Gasteiger partial charge is 0.488 e. The minimum Gasteiger partial charge on any atom is -0.488 e. The van der Waals surface area contributed by atoms with Gasteiger partial charge in [-0.05, 0) is 94.8 Å². The molecule has 1 atom stereocenters. The number of carboxylic acids is 1. The smallest absolute Gasteiger partial charge is 0.307 e. The van der Waals surface area contributed by atoms with Gasteiger partial charge in [-0.3, -0.25) is 4.79 Å². The molecule has 7 heteroatoms. The van der Waals surface area contributed by atoms with E-state index >= 15 is 0 Å². The van der Waals surface area contributed by atoms with E-state index in [0.29, 0.717) is 5.75 Å². The summed E-state index contributed by atoms with van der Waals surface area (Å²) in [7, 11) is 0. The maximum Gasteiger partial charge on any atom is 0.307 e. The third-order valence-corrected chi connectivity index (χ3v) is 9.00. The summed E-state index contributed by atoms with van der Waals surface area (Å²) in [6, 6.07) is 21.0. The van der Waals surface area contributed by atoms with Crippen molar-refractivity contribution < 1.29 is 14.6 Å². The number of halogens is 3. The molecule has 0 fully saturated rings. The second-order valence-electron chi connectivity index (χ2n) is 7.83. The number of ether oxygens (including phenoxy) is 1. The van der Waals surface area contributed by atoms with Gasteiger partial charge in [0.05, 0.1) is 20.1 Å². The summed E-state index contributed by atoms with van der Waals surface area (Å²) >= 11 is 13.0. The molecule has 5 rings (SSSR count). The number of fused-ring (bicyclic) bond motifs is 4. The van der Waals surface area contributed by atoms with Crippen molar-refractivity contribution in [2.75, 3.05) is 0 Å². The van der Waals surface area contributed by atoms with E-state index in [1.54, 1.807) is 18.3 Å². The molecule has 0 radical (unpaired) electrons. The van der Waals surface area contributed by atoms with Crippen molar-refractivity contribution in [3.63, 3.8) is 0 Å². The first-order chi connectivity index (χ1) is 15.8. The van der Waals surface area contributed by atoms with Gasteiger partial charge < -0.3 is 9.84 Å². The molecular formula is C26H17Br3O3S. The predicted octanol–water partition coefficient (Wildman–Crippen LogP) is 9.40. The Morgan fingerprint density at radius 2 is 1.58 bits per heavy atom. The lowest BCUT2D eigenvalue weighted by Gasteiger charge is -2.18. The summed E-state index contributed by atoms with van der Waals surface area (Å²) < 4.78 is 11.0. The van der Waals surface area contributed by atoms with Crippen LogP contribution in [0.3, 0.4) is 0 Å². The van der Waals surface area contributed by atoms with Crippen LogP contribution in [0.5, 0.6) is 5.75 Å². The molecule has 0 spiro atoms. The van der Waals surface area contributed by atoms with Crippen LogP contribution >= 0.6 is 59.1 Å². The normalized spacial score (nSPS) is 12.5. The van der Waals surface area contributed by atoms with Crippen molar-refractivity contribution in [2.24, 2.45) is 0 Å². The second kappa shape index (κ2) is 9.02. The van der Waals surface area contributed by atoms with Crippen LogP contribution in [0.2, 0.25) is 0 Å². The third-order valence-electron chi connectivity index (χ3n) is 5.55. The van der Waals surface area contributed by atoms with Crippen LogP contribution in [-0.2, 0) is 4.79 Å². The number of carboxylic acid groups (broad SMARTS) is 1. The quantitative estimate of drug-likeness (QED) is 0.207. The van der Waals surface area contributed by atoms with Gasteiger partial charge in [0.25, 0.3) is 0 Å². The van der Waals surface area contributed by atoms with Gasteiger partial charge in [0.15, 0.2) is 0 Å². The van der Waals surface area contributed by atoms with Crippen LogP contribution in [0, 0.1) is 0 Å². The molecule has 1 aromatic heterocycles. The molecule has 0 saturated heterocycles. The first kappa shape index (κ1) is 22.8. The average molecular weight is 649 g/mol. The summed E-state index contributed by atoms with van der Waals surface area (Å²) in [4.78, 5) is 11.1. The van der Waals surface area contributed by atoms with Crippen molar-refractivity contribution in [3.05, 3.63) is 74.1 Å². The van der Waals surface area contributed by atoms with E-state index in [-0.39, 0.29) is 6.42 Å². The van der Waals surface area contributed by atoms with Gasteiger partial charge in [0.1, 0.15) is 11.9 Å². The summed E-state index contributed by atoms with van der Waals surface area (Å²) in [5.74, 6) is -0.292. The number of hydrogen-bond donors (Lipinski definition) is 1. The SMILES string of the molecule is C[C@H](CC(=O)O)Oc1c(Br)cc(-c2c3ccccc3c(Br)c3sc4ccccc4c23)cc1Br. The van der Waals surface area contributed by atoms with Crippen molar-refractivity contribution >= 4 is 96.0 Å². The minimum atomic E-state index is -0.889. The van der Waals surface area contributed by atoms with Crippen LogP contribution in [0.25, 0.3) is 42.1 Å². The maximum atomic E-state index is 11.1. The van der Waals surface area contributed by atoms with Gasteiger partial charge in [-0.15, -0.1) is 11.3 Å². The number of thiophene rings is 1. The molecule has 0 bridgehead atoms. The van der Waals surface area contributed by atoms with Crippen molar-refractivity contribution in [1.82, 2.24) is 0 Å². The Morgan fingerprint density at radius 1 is 0.970 bits per heavy atom. The number of hydrogen-bond acceptors (Lipinski definition) is 3. The Bertz CT molecular complexity index is 1530. The number of rotatable bonds is 5. The average Bonchev–Trinajstić information content (AvgIpc) is 3.16. The van der Waals surface area contributed by atoms with Crippen LogP contribution in [0.4, 0.5) is 0 Å². The fourth-order valence-corrected chi connectivity index (χ4v) is 7.52. The van der Waals surface area contributed by atoms with Gasteiger partial charge in [-0.25, -0.2) is 0 Å². The van der Waals surface area contributed by atoms with Crippen LogP contribution < -0.4 is 4.74 Å². The monoisotopic (exact) mass is 646 g/mol. The Balaban J connectivity index is 1.79. The Morgan fingerprint density at radius 3 is 2.24 bits per heavy atom. The molecule has 3 nitrogen and oxygen atoms in total. The van der Waals surface area contributed by atoms with Crippen LogP contribution in [0.15, 0.2) is 74.1 Å². The fraction of sp³-hybridized carbons (Fsp3) is 0.115. The molecule has 1 N–H and O–H groups in total. The highest BCUT2D eigenvalue weighted by atomic mass is 79.9. The Hall–Kier alpha value is -1.93. The van der Waals surface area contributed by atoms with E-state index in [4.69, 9.17) is 9.84 Å². The van der Waals surface area contributed by atoms with Gasteiger partial charge in [0.2, 0.25) is 0 Å². The molecule has 0 saturated carbocycles. The third kappa shape index (κ3) is 4.09. The summed E-state index contributed by atoms with van der Waals surface area (Å²) in [6.45, 7) is 1.75. The molecule has 1 heterocycles. The lowest BCUT2D eigenvalue weighted by molar-refractivity contribution is -0.138. The highest BCUT2D eigenvalue weighted by Gasteiger charge is 2.21. The minimum absolute atomic E-state index is 0.0699. The zero-order valence-electron chi connectivity index (χ0n) is 17.4. The topological polar surface area (TPSA) is 46.5 Å². The van der Waals surface area contributed by atoms with E-state index < -0.39 is 12.1 Å².